The first-order valence-corrected chi connectivity index (χ1v) is 9.10. The number of amides is 1. The van der Waals surface area contributed by atoms with Crippen molar-refractivity contribution in [1.29, 1.82) is 0 Å². The molecule has 2 aromatic heterocycles. The molecule has 0 unspecified atom stereocenters. The third kappa shape index (κ3) is 3.48. The number of thioether (sulfide) groups is 1. The van der Waals surface area contributed by atoms with Gasteiger partial charge < -0.3 is 5.32 Å². The minimum atomic E-state index is -0.248. The molecule has 1 aromatic carbocycles. The molecule has 0 radical (unpaired) electrons. The Hall–Kier alpha value is -1.44. The Balaban J connectivity index is 1.71. The van der Waals surface area contributed by atoms with Gasteiger partial charge in [0.25, 0.3) is 0 Å². The Morgan fingerprint density at radius 3 is 2.82 bits per heavy atom. The van der Waals surface area contributed by atoms with Gasteiger partial charge in [0.2, 0.25) is 5.91 Å². The van der Waals surface area contributed by atoms with Crippen LogP contribution in [0, 0.1) is 0 Å². The number of rotatable bonds is 4. The van der Waals surface area contributed by atoms with Crippen molar-refractivity contribution in [2.75, 3.05) is 5.32 Å². The number of carbonyl (C=O) groups is 1. The van der Waals surface area contributed by atoms with E-state index >= 15 is 0 Å². The van der Waals surface area contributed by atoms with Crippen LogP contribution < -0.4 is 5.32 Å². The molecule has 0 bridgehead atoms. The van der Waals surface area contributed by atoms with Crippen LogP contribution in [0.5, 0.6) is 0 Å². The summed E-state index contributed by atoms with van der Waals surface area (Å²) in [5.41, 5.74) is 0.781. The van der Waals surface area contributed by atoms with Crippen LogP contribution in [0.4, 0.5) is 5.69 Å². The second kappa shape index (κ2) is 6.76. The number of nitrogens with one attached hydrogen (secondary N) is 1. The maximum atomic E-state index is 12.3. The summed E-state index contributed by atoms with van der Waals surface area (Å²) in [6, 6.07) is 9.50. The predicted octanol–water partition coefficient (Wildman–Crippen LogP) is 4.57. The van der Waals surface area contributed by atoms with Gasteiger partial charge in [0, 0.05) is 15.5 Å². The molecule has 0 aliphatic heterocycles. The summed E-state index contributed by atoms with van der Waals surface area (Å²) >= 11 is 6.39. The van der Waals surface area contributed by atoms with Crippen LogP contribution in [-0.4, -0.2) is 21.1 Å². The standard InChI is InChI=1S/C15H12BrN3OS2/c1-9(13(20)19-11-4-2-10(16)3-5-11)22-15-12-6-7-21-14(12)17-8-18-15/h2-9H,1H3,(H,19,20)/t9-/m0/s1. The minimum Gasteiger partial charge on any atom is -0.325 e. The second-order valence-corrected chi connectivity index (χ2v) is 7.71. The van der Waals surface area contributed by atoms with Gasteiger partial charge in [-0.05, 0) is 42.6 Å². The van der Waals surface area contributed by atoms with Crippen molar-refractivity contribution in [3.63, 3.8) is 0 Å². The van der Waals surface area contributed by atoms with Crippen LogP contribution in [0.1, 0.15) is 6.92 Å². The van der Waals surface area contributed by atoms with Gasteiger partial charge >= 0.3 is 0 Å². The van der Waals surface area contributed by atoms with Gasteiger partial charge in [-0.25, -0.2) is 9.97 Å². The van der Waals surface area contributed by atoms with Gasteiger partial charge in [-0.3, -0.25) is 4.79 Å². The SMILES string of the molecule is C[C@H](Sc1ncnc2sccc12)C(=O)Nc1ccc(Br)cc1. The lowest BCUT2D eigenvalue weighted by atomic mass is 10.3. The molecule has 1 N–H and O–H groups in total. The van der Waals surface area contributed by atoms with Gasteiger partial charge in [0.05, 0.1) is 5.25 Å². The molecule has 4 nitrogen and oxygen atoms in total. The van der Waals surface area contributed by atoms with Crippen LogP contribution >= 0.6 is 39.0 Å². The number of thiophene rings is 1. The second-order valence-electron chi connectivity index (χ2n) is 4.57. The molecular formula is C15H12BrN3OS2. The molecule has 0 spiro atoms. The Morgan fingerprint density at radius 1 is 1.27 bits per heavy atom. The maximum Gasteiger partial charge on any atom is 0.237 e. The van der Waals surface area contributed by atoms with E-state index in [1.165, 1.54) is 11.8 Å². The summed E-state index contributed by atoms with van der Waals surface area (Å²) in [5, 5.41) is 6.48. The number of halogens is 1. The Labute approximate surface area is 144 Å². The lowest BCUT2D eigenvalue weighted by Crippen LogP contribution is -2.22. The number of aromatic nitrogens is 2. The van der Waals surface area contributed by atoms with E-state index in [1.807, 2.05) is 42.6 Å². The zero-order valence-corrected chi connectivity index (χ0v) is 14.8. The third-order valence-electron chi connectivity index (χ3n) is 2.99. The van der Waals surface area contributed by atoms with Gasteiger partial charge in [-0.2, -0.15) is 0 Å². The highest BCUT2D eigenvalue weighted by Gasteiger charge is 2.17. The molecule has 7 heteroatoms. The molecule has 2 heterocycles. The number of nitrogens with zero attached hydrogens (tertiary/aromatic N) is 2. The fourth-order valence-corrected chi connectivity index (χ4v) is 3.82. The van der Waals surface area contributed by atoms with E-state index in [9.17, 15) is 4.79 Å². The maximum absolute atomic E-state index is 12.3. The minimum absolute atomic E-state index is 0.0469. The highest BCUT2D eigenvalue weighted by atomic mass is 79.9. The van der Waals surface area contributed by atoms with E-state index in [1.54, 1.807) is 17.7 Å². The first kappa shape index (κ1) is 15.5. The van der Waals surface area contributed by atoms with Crippen molar-refractivity contribution in [2.24, 2.45) is 0 Å². The Morgan fingerprint density at radius 2 is 2.05 bits per heavy atom. The molecule has 0 saturated carbocycles. The number of hydrogen-bond acceptors (Lipinski definition) is 5. The van der Waals surface area contributed by atoms with Crippen LogP contribution in [0.25, 0.3) is 10.2 Å². The number of hydrogen-bond donors (Lipinski definition) is 1. The van der Waals surface area contributed by atoms with E-state index in [-0.39, 0.29) is 11.2 Å². The summed E-state index contributed by atoms with van der Waals surface area (Å²) in [6.07, 6.45) is 1.54. The topological polar surface area (TPSA) is 54.9 Å². The molecule has 0 aliphatic carbocycles. The Bertz CT molecular complexity index is 804. The van der Waals surface area contributed by atoms with E-state index in [2.05, 4.69) is 31.2 Å². The average Bonchev–Trinajstić information content (AvgIpc) is 2.99. The molecule has 22 heavy (non-hydrogen) atoms. The quantitative estimate of drug-likeness (QED) is 0.520. The van der Waals surface area contributed by atoms with E-state index in [0.717, 1.165) is 25.4 Å². The van der Waals surface area contributed by atoms with Gasteiger partial charge in [-0.1, -0.05) is 27.7 Å². The molecule has 3 rings (SSSR count). The van der Waals surface area contributed by atoms with Crippen molar-refractivity contribution in [3.05, 3.63) is 46.5 Å². The van der Waals surface area contributed by atoms with Crippen molar-refractivity contribution in [1.82, 2.24) is 9.97 Å². The van der Waals surface area contributed by atoms with E-state index in [4.69, 9.17) is 0 Å². The summed E-state index contributed by atoms with van der Waals surface area (Å²) in [6.45, 7) is 1.87. The van der Waals surface area contributed by atoms with Crippen LogP contribution in [0.3, 0.4) is 0 Å². The first-order valence-electron chi connectivity index (χ1n) is 6.55. The van der Waals surface area contributed by atoms with E-state index < -0.39 is 0 Å². The molecule has 0 fully saturated rings. The predicted molar refractivity (Wildman–Crippen MR) is 95.5 cm³/mol. The zero-order chi connectivity index (χ0) is 15.5. The summed E-state index contributed by atoms with van der Waals surface area (Å²) < 4.78 is 0.980. The largest absolute Gasteiger partial charge is 0.325 e. The fourth-order valence-electron chi connectivity index (χ4n) is 1.86. The molecule has 1 amide bonds. The van der Waals surface area contributed by atoms with Gasteiger partial charge in [0.1, 0.15) is 16.2 Å². The lowest BCUT2D eigenvalue weighted by Gasteiger charge is -2.12. The molecule has 1 atom stereocenters. The molecule has 0 saturated heterocycles. The molecule has 112 valence electrons. The molecule has 0 aliphatic rings. The molecule has 3 aromatic rings. The molecular weight excluding hydrogens is 382 g/mol. The van der Waals surface area contributed by atoms with Crippen molar-refractivity contribution in [2.45, 2.75) is 17.2 Å². The fraction of sp³-hybridized carbons (Fsp3) is 0.133. The number of benzene rings is 1. The normalized spacial score (nSPS) is 12.3. The van der Waals surface area contributed by atoms with Crippen LogP contribution in [-0.2, 0) is 4.79 Å². The Kier molecular flexibility index (Phi) is 4.75. The number of fused-ring (bicyclic) bond motifs is 1. The first-order chi connectivity index (χ1) is 10.6. The smallest absolute Gasteiger partial charge is 0.237 e. The highest BCUT2D eigenvalue weighted by Crippen LogP contribution is 2.30. The van der Waals surface area contributed by atoms with Crippen molar-refractivity contribution in [3.8, 4) is 0 Å². The zero-order valence-electron chi connectivity index (χ0n) is 11.6. The summed E-state index contributed by atoms with van der Waals surface area (Å²) in [4.78, 5) is 21.7. The monoisotopic (exact) mass is 393 g/mol. The number of carbonyl (C=O) groups excluding carboxylic acids is 1. The summed E-state index contributed by atoms with van der Waals surface area (Å²) in [5.74, 6) is -0.0469. The summed E-state index contributed by atoms with van der Waals surface area (Å²) in [7, 11) is 0. The van der Waals surface area contributed by atoms with Crippen molar-refractivity contribution >= 4 is 60.8 Å². The van der Waals surface area contributed by atoms with Gasteiger partial charge in [-0.15, -0.1) is 11.3 Å². The third-order valence-corrected chi connectivity index (χ3v) is 5.46. The number of anilines is 1. The van der Waals surface area contributed by atoms with Crippen LogP contribution in [0.15, 0.2) is 51.5 Å². The van der Waals surface area contributed by atoms with E-state index in [0.29, 0.717) is 0 Å². The average molecular weight is 394 g/mol. The highest BCUT2D eigenvalue weighted by molar-refractivity contribution is 9.10. The van der Waals surface area contributed by atoms with Gasteiger partial charge in [0.15, 0.2) is 0 Å². The van der Waals surface area contributed by atoms with Crippen molar-refractivity contribution < 1.29 is 4.79 Å². The lowest BCUT2D eigenvalue weighted by molar-refractivity contribution is -0.115. The van der Waals surface area contributed by atoms with Crippen LogP contribution in [0.2, 0.25) is 0 Å².